The Morgan fingerprint density at radius 1 is 0.484 bits per heavy atom. The number of carbonyl (C=O) groups is 3. The van der Waals surface area contributed by atoms with Crippen LogP contribution in [0.25, 0.3) is 0 Å². The maximum atomic E-state index is 12.8. The predicted molar refractivity (Wildman–Crippen MR) is 267 cm³/mol. The van der Waals surface area contributed by atoms with Crippen molar-refractivity contribution >= 4 is 17.9 Å². The second-order valence-corrected chi connectivity index (χ2v) is 17.1. The number of esters is 2. The minimum Gasteiger partial charge on any atom is -0.544 e. The molecule has 0 spiro atoms. The average molecular weight is 888 g/mol. The molecule has 360 valence electrons. The van der Waals surface area contributed by atoms with Gasteiger partial charge in [0.2, 0.25) is 0 Å². The number of carboxylic acid groups (broad SMARTS) is 1. The molecular formula is C56H89NO7. The summed E-state index contributed by atoms with van der Waals surface area (Å²) in [6.07, 6.45) is 63.6. The van der Waals surface area contributed by atoms with E-state index in [1.54, 1.807) is 21.1 Å². The first-order chi connectivity index (χ1) is 31.1. The summed E-state index contributed by atoms with van der Waals surface area (Å²) >= 11 is 0. The highest BCUT2D eigenvalue weighted by molar-refractivity contribution is 5.70. The van der Waals surface area contributed by atoms with Crippen LogP contribution < -0.4 is 5.11 Å². The zero-order valence-corrected chi connectivity index (χ0v) is 40.9. The summed E-state index contributed by atoms with van der Waals surface area (Å²) in [5.74, 6) is -1.81. The molecule has 0 aliphatic carbocycles. The fraction of sp³-hybridized carbons (Fsp3) is 0.589. The third kappa shape index (κ3) is 43.0. The Morgan fingerprint density at radius 2 is 0.906 bits per heavy atom. The number of hydrogen-bond donors (Lipinski definition) is 0. The normalized spacial score (nSPS) is 14.0. The van der Waals surface area contributed by atoms with Gasteiger partial charge in [-0.05, 0) is 64.2 Å². The third-order valence-electron chi connectivity index (χ3n) is 10.3. The number of carbonyl (C=O) groups excluding carboxylic acids is 3. The molecule has 0 saturated heterocycles. The van der Waals surface area contributed by atoms with Crippen molar-refractivity contribution in [3.05, 3.63) is 122 Å². The molecular weight excluding hydrogens is 799 g/mol. The zero-order valence-electron chi connectivity index (χ0n) is 40.9. The number of aliphatic carboxylic acids is 1. The SMILES string of the molecule is CC/C=C/C=C/C=C/C=C/C=C/C=C/C=C/CCCCCC(=O)OCC(COCCC(C(=O)[O-])[N+](C)(C)C)OC(=O)CCCCCCCCCCCCC/C=C/C/C=C/C/C=C/CC. The first-order valence-corrected chi connectivity index (χ1v) is 24.7. The number of ether oxygens (including phenoxy) is 3. The molecule has 0 N–H and O–H groups in total. The summed E-state index contributed by atoms with van der Waals surface area (Å²) in [7, 11) is 5.38. The van der Waals surface area contributed by atoms with Crippen LogP contribution in [0.15, 0.2) is 122 Å². The number of likely N-dealkylation sites (N-methyl/N-ethyl adjacent to an activating group) is 1. The second-order valence-electron chi connectivity index (χ2n) is 17.1. The minimum atomic E-state index is -1.14. The Balaban J connectivity index is 4.39. The third-order valence-corrected chi connectivity index (χ3v) is 10.3. The fourth-order valence-electron chi connectivity index (χ4n) is 6.54. The van der Waals surface area contributed by atoms with Gasteiger partial charge in [0.1, 0.15) is 12.6 Å². The Labute approximate surface area is 391 Å². The van der Waals surface area contributed by atoms with Crippen molar-refractivity contribution in [1.82, 2.24) is 0 Å². The van der Waals surface area contributed by atoms with Crippen molar-refractivity contribution < 1.29 is 38.2 Å². The lowest BCUT2D eigenvalue weighted by molar-refractivity contribution is -0.889. The number of allylic oxidation sites excluding steroid dienone is 20. The lowest BCUT2D eigenvalue weighted by Crippen LogP contribution is -2.55. The highest BCUT2D eigenvalue weighted by Crippen LogP contribution is 2.14. The standard InChI is InChI=1S/C56H89NO7/c1-6-8-10-12-14-16-18-20-22-24-26-27-29-31-33-35-37-39-41-43-45-47-55(59)64-52(50-62-49-48-53(56(60)61)57(3,4)5)51-63-54(58)46-44-42-40-38-36-34-32-30-28-25-23-21-19-17-15-13-11-9-7-2/h8-11,13-17,19-23,25,28,30,32,34,36,52-53H,6-7,12,18,24,26-27,29,31,33,35,37-51H2,1-5H3/b10-8+,11-9+,15-13+,16-14+,19-17+,22-20+,23-21+,28-25+,32-30+,36-34+. The lowest BCUT2D eigenvalue weighted by Gasteiger charge is -2.34. The van der Waals surface area contributed by atoms with E-state index in [0.717, 1.165) is 64.2 Å². The van der Waals surface area contributed by atoms with Crippen LogP contribution in [0.4, 0.5) is 0 Å². The summed E-state index contributed by atoms with van der Waals surface area (Å²) in [6, 6.07) is -0.742. The van der Waals surface area contributed by atoms with Crippen LogP contribution >= 0.6 is 0 Å². The largest absolute Gasteiger partial charge is 0.544 e. The average Bonchev–Trinajstić information content (AvgIpc) is 3.26. The Morgan fingerprint density at radius 3 is 1.42 bits per heavy atom. The van der Waals surface area contributed by atoms with Gasteiger partial charge in [-0.2, -0.15) is 0 Å². The number of rotatable bonds is 42. The van der Waals surface area contributed by atoms with Crippen LogP contribution in [0, 0.1) is 0 Å². The van der Waals surface area contributed by atoms with Crippen molar-refractivity contribution in [3.63, 3.8) is 0 Å². The van der Waals surface area contributed by atoms with Crippen molar-refractivity contribution in [2.24, 2.45) is 0 Å². The van der Waals surface area contributed by atoms with Crippen LogP contribution in [-0.4, -0.2) is 75.5 Å². The summed E-state index contributed by atoms with van der Waals surface area (Å²) < 4.78 is 17.2. The van der Waals surface area contributed by atoms with Gasteiger partial charge >= 0.3 is 11.9 Å². The predicted octanol–water partition coefficient (Wildman–Crippen LogP) is 12.9. The molecule has 8 heteroatoms. The molecule has 0 saturated carbocycles. The van der Waals surface area contributed by atoms with Gasteiger partial charge in [0.05, 0.1) is 40.3 Å². The molecule has 0 aromatic carbocycles. The van der Waals surface area contributed by atoms with Crippen LogP contribution in [0.2, 0.25) is 0 Å². The van der Waals surface area contributed by atoms with Crippen LogP contribution in [-0.2, 0) is 28.6 Å². The summed E-state index contributed by atoms with van der Waals surface area (Å²) in [5, 5.41) is 11.7. The highest BCUT2D eigenvalue weighted by Gasteiger charge is 2.25. The number of hydrogen-bond acceptors (Lipinski definition) is 7. The molecule has 0 aromatic rings. The van der Waals surface area contributed by atoms with Crippen molar-refractivity contribution in [2.45, 2.75) is 174 Å². The van der Waals surface area contributed by atoms with E-state index < -0.39 is 18.1 Å². The second kappa shape index (κ2) is 45.3. The van der Waals surface area contributed by atoms with E-state index in [4.69, 9.17) is 14.2 Å². The first kappa shape index (κ1) is 59.7. The fourth-order valence-corrected chi connectivity index (χ4v) is 6.54. The number of carboxylic acids is 1. The quantitative estimate of drug-likeness (QED) is 0.0198. The Kier molecular flexibility index (Phi) is 42.3. The topological polar surface area (TPSA) is 102 Å². The first-order valence-electron chi connectivity index (χ1n) is 24.7. The van der Waals surface area contributed by atoms with Crippen LogP contribution in [0.5, 0.6) is 0 Å². The number of unbranched alkanes of at least 4 members (excludes halogenated alkanes) is 14. The zero-order chi connectivity index (χ0) is 47.0. The maximum absolute atomic E-state index is 12.8. The molecule has 0 bridgehead atoms. The molecule has 0 fully saturated rings. The molecule has 0 aliphatic rings. The van der Waals surface area contributed by atoms with Gasteiger partial charge in [-0.3, -0.25) is 9.59 Å². The number of quaternary nitrogens is 1. The Hall–Kier alpha value is -4.27. The molecule has 0 radical (unpaired) electrons. The smallest absolute Gasteiger partial charge is 0.306 e. The van der Waals surface area contributed by atoms with Gasteiger partial charge in [-0.1, -0.05) is 200 Å². The molecule has 0 rings (SSSR count). The van der Waals surface area contributed by atoms with Crippen molar-refractivity contribution in [2.75, 3.05) is 41.0 Å². The van der Waals surface area contributed by atoms with Crippen molar-refractivity contribution in [3.8, 4) is 0 Å². The van der Waals surface area contributed by atoms with E-state index in [1.165, 1.54) is 57.8 Å². The monoisotopic (exact) mass is 888 g/mol. The maximum Gasteiger partial charge on any atom is 0.306 e. The molecule has 0 aromatic heterocycles. The molecule has 0 amide bonds. The van der Waals surface area contributed by atoms with E-state index in [0.29, 0.717) is 12.8 Å². The highest BCUT2D eigenvalue weighted by atomic mass is 16.6. The molecule has 64 heavy (non-hydrogen) atoms. The van der Waals surface area contributed by atoms with Gasteiger partial charge < -0.3 is 28.6 Å². The van der Waals surface area contributed by atoms with Gasteiger partial charge in [-0.15, -0.1) is 0 Å². The molecule has 2 atom stereocenters. The van der Waals surface area contributed by atoms with E-state index >= 15 is 0 Å². The molecule has 0 heterocycles. The summed E-state index contributed by atoms with van der Waals surface area (Å²) in [6.45, 7) is 4.34. The summed E-state index contributed by atoms with van der Waals surface area (Å²) in [4.78, 5) is 37.0. The van der Waals surface area contributed by atoms with Gasteiger partial charge in [0.25, 0.3) is 0 Å². The molecule has 0 aliphatic heterocycles. The van der Waals surface area contributed by atoms with E-state index in [9.17, 15) is 19.5 Å². The lowest BCUT2D eigenvalue weighted by atomic mass is 10.0. The van der Waals surface area contributed by atoms with Crippen LogP contribution in [0.1, 0.15) is 162 Å². The van der Waals surface area contributed by atoms with Crippen molar-refractivity contribution in [1.29, 1.82) is 0 Å². The van der Waals surface area contributed by atoms with Gasteiger partial charge in [-0.25, -0.2) is 0 Å². The van der Waals surface area contributed by atoms with E-state index in [-0.39, 0.29) is 49.1 Å². The number of nitrogens with zero attached hydrogens (tertiary/aromatic N) is 1. The van der Waals surface area contributed by atoms with E-state index in [2.05, 4.69) is 62.5 Å². The molecule has 8 nitrogen and oxygen atoms in total. The Bertz CT molecular complexity index is 1450. The minimum absolute atomic E-state index is 0.0162. The molecule has 2 unspecified atom stereocenters. The van der Waals surface area contributed by atoms with Crippen LogP contribution in [0.3, 0.4) is 0 Å². The van der Waals surface area contributed by atoms with Gasteiger partial charge in [0.15, 0.2) is 6.10 Å². The van der Waals surface area contributed by atoms with Gasteiger partial charge in [0, 0.05) is 19.3 Å². The van der Waals surface area contributed by atoms with E-state index in [1.807, 2.05) is 72.9 Å². The summed E-state index contributed by atoms with van der Waals surface area (Å²) in [5.41, 5.74) is 0.